The molecule has 2 aromatic rings. The topological polar surface area (TPSA) is 83.1 Å². The van der Waals surface area contributed by atoms with Crippen molar-refractivity contribution in [3.8, 4) is 17.2 Å². The highest BCUT2D eigenvalue weighted by molar-refractivity contribution is 5.96. The number of Topliss-reactive ketones (excluding diaryl/α,β-unsaturated/α-hetero) is 1. The van der Waals surface area contributed by atoms with Crippen molar-refractivity contribution in [2.75, 3.05) is 21.3 Å². The predicted octanol–water partition coefficient (Wildman–Crippen LogP) is 5.81. The summed E-state index contributed by atoms with van der Waals surface area (Å²) in [6.45, 7) is 1.89. The van der Waals surface area contributed by atoms with Crippen LogP contribution >= 0.6 is 0 Å². The highest BCUT2D eigenvalue weighted by Gasteiger charge is 2.46. The van der Waals surface area contributed by atoms with Crippen LogP contribution in [0.25, 0.3) is 0 Å². The van der Waals surface area contributed by atoms with Gasteiger partial charge in [-0.2, -0.15) is 0 Å². The number of nitrogens with one attached hydrogen (secondary N) is 1. The number of carbonyl (C=O) groups excluding carboxylic acids is 2. The lowest BCUT2D eigenvalue weighted by Gasteiger charge is -2.40. The van der Waals surface area contributed by atoms with Gasteiger partial charge in [0.25, 0.3) is 0 Å². The Labute approximate surface area is 230 Å². The number of carbonyl (C=O) groups is 2. The molecule has 0 saturated heterocycles. The number of rotatable bonds is 7. The van der Waals surface area contributed by atoms with Crippen molar-refractivity contribution in [1.82, 2.24) is 5.32 Å². The van der Waals surface area contributed by atoms with Gasteiger partial charge in [-0.15, -0.1) is 0 Å². The van der Waals surface area contributed by atoms with Crippen molar-refractivity contribution in [2.24, 2.45) is 5.92 Å². The highest BCUT2D eigenvalue weighted by atomic mass is 16.5. The maximum Gasteiger partial charge on any atom is 0.336 e. The number of benzene rings is 2. The Kier molecular flexibility index (Phi) is 7.96. The van der Waals surface area contributed by atoms with Crippen molar-refractivity contribution in [3.63, 3.8) is 0 Å². The van der Waals surface area contributed by atoms with Crippen LogP contribution in [0.4, 0.5) is 0 Å². The maximum atomic E-state index is 14.0. The van der Waals surface area contributed by atoms with E-state index >= 15 is 0 Å². The fraction of sp³-hybridized carbons (Fsp3) is 0.438. The molecule has 1 fully saturated rings. The van der Waals surface area contributed by atoms with Gasteiger partial charge in [-0.1, -0.05) is 30.7 Å². The molecule has 5 rings (SSSR count). The van der Waals surface area contributed by atoms with Crippen molar-refractivity contribution >= 4 is 11.8 Å². The molecule has 3 unspecified atom stereocenters. The largest absolute Gasteiger partial charge is 0.497 e. The van der Waals surface area contributed by atoms with Crippen LogP contribution in [0.15, 0.2) is 65.5 Å². The summed E-state index contributed by atoms with van der Waals surface area (Å²) in [5.41, 5.74) is 3.80. The Hall–Kier alpha value is -3.74. The monoisotopic (exact) mass is 531 g/mol. The first-order chi connectivity index (χ1) is 18.9. The van der Waals surface area contributed by atoms with Gasteiger partial charge in [0.2, 0.25) is 0 Å². The molecule has 0 radical (unpaired) electrons. The Morgan fingerprint density at radius 1 is 0.872 bits per heavy atom. The molecule has 0 aromatic heterocycles. The number of hydrogen-bond acceptors (Lipinski definition) is 7. The Morgan fingerprint density at radius 3 is 2.23 bits per heavy atom. The first-order valence-corrected chi connectivity index (χ1v) is 13.7. The zero-order valence-corrected chi connectivity index (χ0v) is 23.1. The SMILES string of the molecule is COc1ccc(C2C=C3NC(C)=C(C(=O)OC4CCCCC4)C(c4ccc(OC)cc4OC)C3C(=O)C2)cc1. The van der Waals surface area contributed by atoms with Crippen molar-refractivity contribution in [1.29, 1.82) is 0 Å². The van der Waals surface area contributed by atoms with Crippen molar-refractivity contribution in [2.45, 2.75) is 63.4 Å². The van der Waals surface area contributed by atoms with E-state index in [1.165, 1.54) is 6.42 Å². The second kappa shape index (κ2) is 11.6. The first kappa shape index (κ1) is 26.9. The summed E-state index contributed by atoms with van der Waals surface area (Å²) in [6, 6.07) is 13.4. The van der Waals surface area contributed by atoms with E-state index in [4.69, 9.17) is 18.9 Å². The third kappa shape index (κ3) is 5.40. The fourth-order valence-electron chi connectivity index (χ4n) is 6.22. The van der Waals surface area contributed by atoms with Gasteiger partial charge in [-0.05, 0) is 56.4 Å². The smallest absolute Gasteiger partial charge is 0.336 e. The number of ketones is 1. The molecular formula is C32H37NO6. The van der Waals surface area contributed by atoms with Crippen LogP contribution in [0.5, 0.6) is 17.2 Å². The standard InChI is InChI=1S/C32H37NO6/c1-19-29(32(35)39-23-8-6-5-7-9-23)30(25-15-14-24(37-3)18-28(25)38-4)31-26(33-19)16-21(17-27(31)34)20-10-12-22(36-2)13-11-20/h10-16,18,21,23,30-31,33H,5-9,17H2,1-4H3. The molecule has 1 saturated carbocycles. The van der Waals surface area contributed by atoms with Crippen molar-refractivity contribution in [3.05, 3.63) is 76.6 Å². The lowest BCUT2D eigenvalue weighted by molar-refractivity contribution is -0.146. The summed E-state index contributed by atoms with van der Waals surface area (Å²) in [4.78, 5) is 27.7. The van der Waals surface area contributed by atoms with Gasteiger partial charge >= 0.3 is 5.97 Å². The molecule has 0 amide bonds. The molecule has 7 nitrogen and oxygen atoms in total. The van der Waals surface area contributed by atoms with Gasteiger partial charge in [-0.25, -0.2) is 4.79 Å². The van der Waals surface area contributed by atoms with Gasteiger partial charge in [-0.3, -0.25) is 4.79 Å². The molecule has 1 N–H and O–H groups in total. The summed E-state index contributed by atoms with van der Waals surface area (Å²) in [5, 5.41) is 3.43. The Balaban J connectivity index is 1.58. The lowest BCUT2D eigenvalue weighted by atomic mass is 9.68. The summed E-state index contributed by atoms with van der Waals surface area (Å²) in [7, 11) is 4.83. The fourth-order valence-corrected chi connectivity index (χ4v) is 6.22. The molecule has 1 heterocycles. The summed E-state index contributed by atoms with van der Waals surface area (Å²) in [5.74, 6) is 0.511. The molecule has 206 valence electrons. The minimum Gasteiger partial charge on any atom is -0.497 e. The second-order valence-electron chi connectivity index (χ2n) is 10.6. The van der Waals surface area contributed by atoms with E-state index in [1.807, 2.05) is 43.3 Å². The van der Waals surface area contributed by atoms with Gasteiger partial charge in [0.15, 0.2) is 0 Å². The van der Waals surface area contributed by atoms with Crippen LogP contribution in [-0.4, -0.2) is 39.2 Å². The van der Waals surface area contributed by atoms with E-state index in [0.29, 0.717) is 29.2 Å². The number of esters is 1. The van der Waals surface area contributed by atoms with E-state index in [2.05, 4.69) is 11.4 Å². The van der Waals surface area contributed by atoms with Crippen LogP contribution in [0.2, 0.25) is 0 Å². The number of ether oxygens (including phenoxy) is 4. The number of hydrogen-bond donors (Lipinski definition) is 1. The predicted molar refractivity (Wildman–Crippen MR) is 148 cm³/mol. The van der Waals surface area contributed by atoms with E-state index in [9.17, 15) is 9.59 Å². The number of methoxy groups -OCH3 is 3. The molecule has 1 aliphatic heterocycles. The third-order valence-corrected chi connectivity index (χ3v) is 8.23. The zero-order chi connectivity index (χ0) is 27.5. The van der Waals surface area contributed by atoms with Crippen LogP contribution < -0.4 is 19.5 Å². The van der Waals surface area contributed by atoms with Gasteiger partial charge < -0.3 is 24.3 Å². The second-order valence-corrected chi connectivity index (χ2v) is 10.6. The van der Waals surface area contributed by atoms with E-state index < -0.39 is 11.8 Å². The van der Waals surface area contributed by atoms with Crippen LogP contribution in [-0.2, 0) is 14.3 Å². The van der Waals surface area contributed by atoms with Crippen LogP contribution in [0, 0.1) is 5.92 Å². The summed E-state index contributed by atoms with van der Waals surface area (Å²) >= 11 is 0. The minimum absolute atomic E-state index is 0.0687. The van der Waals surface area contributed by atoms with E-state index in [1.54, 1.807) is 27.4 Å². The maximum absolute atomic E-state index is 14.0. The molecule has 0 bridgehead atoms. The Bertz CT molecular complexity index is 1290. The molecule has 0 spiro atoms. The molecule has 3 atom stereocenters. The average Bonchev–Trinajstić information content (AvgIpc) is 2.96. The van der Waals surface area contributed by atoms with Crippen molar-refractivity contribution < 1.29 is 28.5 Å². The van der Waals surface area contributed by atoms with Crippen LogP contribution in [0.3, 0.4) is 0 Å². The number of allylic oxidation sites excluding steroid dienone is 3. The van der Waals surface area contributed by atoms with Gasteiger partial charge in [0.05, 0.1) is 32.8 Å². The first-order valence-electron chi connectivity index (χ1n) is 13.7. The molecule has 2 aliphatic carbocycles. The molecule has 39 heavy (non-hydrogen) atoms. The molecule has 3 aliphatic rings. The lowest BCUT2D eigenvalue weighted by Crippen LogP contribution is -2.42. The summed E-state index contributed by atoms with van der Waals surface area (Å²) in [6.07, 6.45) is 7.41. The quantitative estimate of drug-likeness (QED) is 0.452. The van der Waals surface area contributed by atoms with Gasteiger partial charge in [0.1, 0.15) is 29.1 Å². The minimum atomic E-state index is -0.556. The number of fused-ring (bicyclic) bond motifs is 1. The summed E-state index contributed by atoms with van der Waals surface area (Å²) < 4.78 is 22.5. The van der Waals surface area contributed by atoms with E-state index in [0.717, 1.165) is 48.3 Å². The third-order valence-electron chi connectivity index (χ3n) is 8.23. The zero-order valence-electron chi connectivity index (χ0n) is 23.1. The average molecular weight is 532 g/mol. The Morgan fingerprint density at radius 2 is 1.56 bits per heavy atom. The normalized spacial score (nSPS) is 23.3. The van der Waals surface area contributed by atoms with Gasteiger partial charge in [0, 0.05) is 41.3 Å². The van der Waals surface area contributed by atoms with E-state index in [-0.39, 0.29) is 23.8 Å². The molecule has 2 aromatic carbocycles. The highest BCUT2D eigenvalue weighted by Crippen LogP contribution is 2.49. The van der Waals surface area contributed by atoms with Crippen LogP contribution in [0.1, 0.15) is 68.4 Å². The molecule has 7 heteroatoms. The molecular weight excluding hydrogens is 494 g/mol.